The molecule has 36 heavy (non-hydrogen) atoms. The Bertz CT molecular complexity index is 1470. The fourth-order valence-electron chi connectivity index (χ4n) is 5.18. The number of ether oxygens (including phenoxy) is 1. The van der Waals surface area contributed by atoms with Gasteiger partial charge in [-0.15, -0.1) is 0 Å². The molecule has 0 radical (unpaired) electrons. The Balaban J connectivity index is 1.34. The summed E-state index contributed by atoms with van der Waals surface area (Å²) in [6.45, 7) is 2.05. The molecule has 2 aliphatic rings. The van der Waals surface area contributed by atoms with E-state index in [-0.39, 0.29) is 23.3 Å². The molecule has 1 amide bonds. The molecule has 0 bridgehead atoms. The first-order valence-corrected chi connectivity index (χ1v) is 12.6. The van der Waals surface area contributed by atoms with E-state index in [0.29, 0.717) is 29.8 Å². The van der Waals surface area contributed by atoms with E-state index in [0.717, 1.165) is 48.2 Å². The van der Waals surface area contributed by atoms with E-state index < -0.39 is 0 Å². The number of para-hydroxylation sites is 1. The monoisotopic (exact) mass is 479 g/mol. The number of carbonyl (C=O) groups excluding carboxylic acids is 1. The van der Waals surface area contributed by atoms with Crippen LogP contribution in [0.2, 0.25) is 0 Å². The van der Waals surface area contributed by atoms with Crippen molar-refractivity contribution in [1.29, 1.82) is 0 Å². The molecule has 2 heterocycles. The van der Waals surface area contributed by atoms with E-state index in [1.807, 2.05) is 70.1 Å². The van der Waals surface area contributed by atoms with Crippen molar-refractivity contribution in [2.45, 2.75) is 25.8 Å². The van der Waals surface area contributed by atoms with Gasteiger partial charge in [-0.3, -0.25) is 14.2 Å². The summed E-state index contributed by atoms with van der Waals surface area (Å²) in [4.78, 5) is 33.1. The molecule has 1 atom stereocenters. The molecule has 1 aromatic heterocycles. The number of aromatic nitrogens is 2. The lowest BCUT2D eigenvalue weighted by Gasteiger charge is -2.19. The number of likely N-dealkylation sites (tertiary alicyclic amines) is 1. The molecule has 1 saturated heterocycles. The molecule has 6 nitrogen and oxygen atoms in total. The molecule has 1 aliphatic carbocycles. The van der Waals surface area contributed by atoms with Crippen LogP contribution >= 0.6 is 0 Å². The standard InChI is InChI=1S/C30H29N3O3/c1-36-25-14-12-22(13-15-25)21-6-8-23(9-7-21)28-31-27-5-3-2-4-26(27)30(35)33(28)19-20-16-17-32(18-20)29(34)24-10-11-24/h2-9,12-15,20,24H,10-11,16-19H2,1H3/t20-/m1/s1. The number of hydrogen-bond acceptors (Lipinski definition) is 4. The van der Waals surface area contributed by atoms with Gasteiger partial charge in [-0.25, -0.2) is 4.98 Å². The Morgan fingerprint density at radius 2 is 1.58 bits per heavy atom. The highest BCUT2D eigenvalue weighted by Gasteiger charge is 2.36. The van der Waals surface area contributed by atoms with Crippen LogP contribution in [0.3, 0.4) is 0 Å². The third-order valence-electron chi connectivity index (χ3n) is 7.39. The van der Waals surface area contributed by atoms with Crippen LogP contribution in [0, 0.1) is 11.8 Å². The second-order valence-electron chi connectivity index (χ2n) is 9.89. The Labute approximate surface area is 210 Å². The van der Waals surface area contributed by atoms with Crippen LogP contribution < -0.4 is 10.3 Å². The van der Waals surface area contributed by atoms with Gasteiger partial charge in [0.25, 0.3) is 5.56 Å². The molecule has 0 unspecified atom stereocenters. The topological polar surface area (TPSA) is 64.4 Å². The summed E-state index contributed by atoms with van der Waals surface area (Å²) in [5, 5.41) is 0.625. The molecule has 2 fully saturated rings. The van der Waals surface area contributed by atoms with Gasteiger partial charge in [0, 0.05) is 31.1 Å². The van der Waals surface area contributed by atoms with Gasteiger partial charge in [0.1, 0.15) is 11.6 Å². The average Bonchev–Trinajstić information content (AvgIpc) is 3.68. The van der Waals surface area contributed by atoms with Crippen molar-refractivity contribution in [3.05, 3.63) is 83.2 Å². The van der Waals surface area contributed by atoms with Gasteiger partial charge >= 0.3 is 0 Å². The zero-order valence-corrected chi connectivity index (χ0v) is 20.4. The van der Waals surface area contributed by atoms with Crippen molar-refractivity contribution in [1.82, 2.24) is 14.5 Å². The quantitative estimate of drug-likeness (QED) is 0.391. The van der Waals surface area contributed by atoms with Gasteiger partial charge in [0.05, 0.1) is 18.0 Å². The first-order chi connectivity index (χ1) is 17.6. The van der Waals surface area contributed by atoms with Crippen molar-refractivity contribution in [2.75, 3.05) is 20.2 Å². The average molecular weight is 480 g/mol. The lowest BCUT2D eigenvalue weighted by molar-refractivity contribution is -0.131. The number of fused-ring (bicyclic) bond motifs is 1. The molecule has 182 valence electrons. The molecule has 1 saturated carbocycles. The number of hydrogen-bond donors (Lipinski definition) is 0. The zero-order valence-electron chi connectivity index (χ0n) is 20.4. The fraction of sp³-hybridized carbons (Fsp3) is 0.300. The minimum Gasteiger partial charge on any atom is -0.497 e. The van der Waals surface area contributed by atoms with E-state index in [4.69, 9.17) is 9.72 Å². The summed E-state index contributed by atoms with van der Waals surface area (Å²) in [5.74, 6) is 2.26. The maximum absolute atomic E-state index is 13.6. The van der Waals surface area contributed by atoms with Crippen LogP contribution in [0.1, 0.15) is 19.3 Å². The second-order valence-corrected chi connectivity index (χ2v) is 9.89. The predicted molar refractivity (Wildman–Crippen MR) is 141 cm³/mol. The molecule has 0 N–H and O–H groups in total. The number of rotatable bonds is 6. The molecule has 3 aromatic carbocycles. The minimum absolute atomic E-state index is 0.0261. The van der Waals surface area contributed by atoms with Crippen molar-refractivity contribution in [2.24, 2.45) is 11.8 Å². The molecule has 6 rings (SSSR count). The third-order valence-corrected chi connectivity index (χ3v) is 7.39. The molecule has 4 aromatic rings. The summed E-state index contributed by atoms with van der Waals surface area (Å²) in [5.41, 5.74) is 3.75. The zero-order chi connectivity index (χ0) is 24.6. The van der Waals surface area contributed by atoms with Crippen LogP contribution in [-0.2, 0) is 11.3 Å². The summed E-state index contributed by atoms with van der Waals surface area (Å²) in [6, 6.07) is 23.7. The maximum Gasteiger partial charge on any atom is 0.261 e. The number of amides is 1. The third kappa shape index (κ3) is 4.28. The largest absolute Gasteiger partial charge is 0.497 e. The van der Waals surface area contributed by atoms with Gasteiger partial charge in [0.15, 0.2) is 0 Å². The minimum atomic E-state index is -0.0261. The number of nitrogens with zero attached hydrogens (tertiary/aromatic N) is 3. The summed E-state index contributed by atoms with van der Waals surface area (Å²) < 4.78 is 7.09. The Morgan fingerprint density at radius 3 is 2.28 bits per heavy atom. The highest BCUT2D eigenvalue weighted by molar-refractivity contribution is 5.81. The number of methoxy groups -OCH3 is 1. The predicted octanol–water partition coefficient (Wildman–Crippen LogP) is 5.00. The first kappa shape index (κ1) is 22.5. The van der Waals surface area contributed by atoms with Gasteiger partial charge in [-0.05, 0) is 60.6 Å². The molecule has 6 heteroatoms. The summed E-state index contributed by atoms with van der Waals surface area (Å²) >= 11 is 0. The van der Waals surface area contributed by atoms with Crippen LogP contribution in [-0.4, -0.2) is 40.6 Å². The summed E-state index contributed by atoms with van der Waals surface area (Å²) in [6.07, 6.45) is 2.95. The highest BCUT2D eigenvalue weighted by atomic mass is 16.5. The van der Waals surface area contributed by atoms with Crippen LogP contribution in [0.25, 0.3) is 33.4 Å². The van der Waals surface area contributed by atoms with Crippen molar-refractivity contribution < 1.29 is 9.53 Å². The van der Waals surface area contributed by atoms with Crippen LogP contribution in [0.5, 0.6) is 5.75 Å². The van der Waals surface area contributed by atoms with Crippen LogP contribution in [0.4, 0.5) is 0 Å². The van der Waals surface area contributed by atoms with E-state index in [1.165, 1.54) is 0 Å². The van der Waals surface area contributed by atoms with Gasteiger partial charge in [-0.1, -0.05) is 48.5 Å². The highest BCUT2D eigenvalue weighted by Crippen LogP contribution is 2.33. The summed E-state index contributed by atoms with van der Waals surface area (Å²) in [7, 11) is 1.66. The SMILES string of the molecule is COc1ccc(-c2ccc(-c3nc4ccccc4c(=O)n3C[C@@H]3CCN(C(=O)C4CC4)C3)cc2)cc1. The number of carbonyl (C=O) groups is 1. The van der Waals surface area contributed by atoms with Crippen LogP contribution in [0.15, 0.2) is 77.6 Å². The van der Waals surface area contributed by atoms with Crippen molar-refractivity contribution in [3.63, 3.8) is 0 Å². The number of benzene rings is 3. The first-order valence-electron chi connectivity index (χ1n) is 12.6. The fourth-order valence-corrected chi connectivity index (χ4v) is 5.18. The Kier molecular flexibility index (Phi) is 5.80. The lowest BCUT2D eigenvalue weighted by atomic mass is 10.0. The Morgan fingerprint density at radius 1 is 0.917 bits per heavy atom. The van der Waals surface area contributed by atoms with Gasteiger partial charge in [-0.2, -0.15) is 0 Å². The molecule has 1 aliphatic heterocycles. The van der Waals surface area contributed by atoms with E-state index in [2.05, 4.69) is 12.1 Å². The van der Waals surface area contributed by atoms with Gasteiger partial charge in [0.2, 0.25) is 5.91 Å². The molecule has 0 spiro atoms. The lowest BCUT2D eigenvalue weighted by Crippen LogP contribution is -2.32. The maximum atomic E-state index is 13.6. The molecular weight excluding hydrogens is 450 g/mol. The second kappa shape index (κ2) is 9.26. The Hall–Kier alpha value is -3.93. The smallest absolute Gasteiger partial charge is 0.261 e. The van der Waals surface area contributed by atoms with E-state index in [1.54, 1.807) is 7.11 Å². The normalized spacial score (nSPS) is 17.5. The van der Waals surface area contributed by atoms with Crippen molar-refractivity contribution >= 4 is 16.8 Å². The van der Waals surface area contributed by atoms with Crippen molar-refractivity contribution in [3.8, 4) is 28.3 Å². The van der Waals surface area contributed by atoms with E-state index in [9.17, 15) is 9.59 Å². The molecular formula is C30H29N3O3. The van der Waals surface area contributed by atoms with Gasteiger partial charge < -0.3 is 9.64 Å². The van der Waals surface area contributed by atoms with E-state index >= 15 is 0 Å².